The highest BCUT2D eigenvalue weighted by molar-refractivity contribution is 9.10. The number of esters is 1. The lowest BCUT2D eigenvalue weighted by molar-refractivity contribution is -0.124. The van der Waals surface area contributed by atoms with Gasteiger partial charge in [-0.1, -0.05) is 40.2 Å². The van der Waals surface area contributed by atoms with E-state index in [9.17, 15) is 9.59 Å². The second-order valence-electron chi connectivity index (χ2n) is 5.12. The van der Waals surface area contributed by atoms with Crippen LogP contribution in [0, 0.1) is 0 Å². The molecular formula is C18H18BrNO4. The first kappa shape index (κ1) is 18.0. The molecule has 0 saturated carbocycles. The summed E-state index contributed by atoms with van der Waals surface area (Å²) in [6.07, 6.45) is 0. The third kappa shape index (κ3) is 4.83. The molecule has 1 amide bonds. The highest BCUT2D eigenvalue weighted by atomic mass is 79.9. The molecule has 0 aliphatic heterocycles. The average molecular weight is 392 g/mol. The van der Waals surface area contributed by atoms with E-state index in [4.69, 9.17) is 9.47 Å². The SMILES string of the molecule is COc1ccccc1C(=O)OCC(=O)N[C@@H](C)c1ccc(Br)cc1. The molecule has 0 spiro atoms. The summed E-state index contributed by atoms with van der Waals surface area (Å²) >= 11 is 3.37. The summed E-state index contributed by atoms with van der Waals surface area (Å²) in [5.41, 5.74) is 1.25. The number of hydrogen-bond acceptors (Lipinski definition) is 4. The number of halogens is 1. The molecule has 0 unspecified atom stereocenters. The van der Waals surface area contributed by atoms with Gasteiger partial charge in [-0.2, -0.15) is 0 Å². The van der Waals surface area contributed by atoms with E-state index in [1.54, 1.807) is 24.3 Å². The predicted molar refractivity (Wildman–Crippen MR) is 94.0 cm³/mol. The van der Waals surface area contributed by atoms with E-state index >= 15 is 0 Å². The van der Waals surface area contributed by atoms with Gasteiger partial charge in [-0.25, -0.2) is 4.79 Å². The Morgan fingerprint density at radius 1 is 1.12 bits per heavy atom. The molecule has 2 rings (SSSR count). The van der Waals surface area contributed by atoms with Crippen molar-refractivity contribution in [2.45, 2.75) is 13.0 Å². The van der Waals surface area contributed by atoms with Crippen LogP contribution in [0.15, 0.2) is 53.0 Å². The Bertz CT molecular complexity index is 715. The van der Waals surface area contributed by atoms with Gasteiger partial charge in [-0.05, 0) is 36.8 Å². The minimum atomic E-state index is -0.598. The number of carbonyl (C=O) groups is 2. The zero-order chi connectivity index (χ0) is 17.5. The lowest BCUT2D eigenvalue weighted by Gasteiger charge is -2.15. The second kappa shape index (κ2) is 8.49. The molecule has 0 fully saturated rings. The van der Waals surface area contributed by atoms with E-state index in [-0.39, 0.29) is 24.1 Å². The van der Waals surface area contributed by atoms with Crippen molar-refractivity contribution in [2.24, 2.45) is 0 Å². The number of para-hydroxylation sites is 1. The van der Waals surface area contributed by atoms with E-state index in [2.05, 4.69) is 21.2 Å². The van der Waals surface area contributed by atoms with E-state index in [1.165, 1.54) is 7.11 Å². The van der Waals surface area contributed by atoms with E-state index < -0.39 is 5.97 Å². The molecule has 1 N–H and O–H groups in total. The van der Waals surface area contributed by atoms with Gasteiger partial charge < -0.3 is 14.8 Å². The van der Waals surface area contributed by atoms with Gasteiger partial charge in [0.15, 0.2) is 6.61 Å². The minimum Gasteiger partial charge on any atom is -0.496 e. The molecule has 0 bridgehead atoms. The number of nitrogens with one attached hydrogen (secondary N) is 1. The van der Waals surface area contributed by atoms with Crippen LogP contribution in [0.25, 0.3) is 0 Å². The fourth-order valence-electron chi connectivity index (χ4n) is 2.14. The molecule has 0 aromatic heterocycles. The normalized spacial score (nSPS) is 11.5. The topological polar surface area (TPSA) is 64.6 Å². The van der Waals surface area contributed by atoms with E-state index in [0.717, 1.165) is 10.0 Å². The van der Waals surface area contributed by atoms with Crippen LogP contribution in [0.5, 0.6) is 5.75 Å². The summed E-state index contributed by atoms with van der Waals surface area (Å²) in [7, 11) is 1.47. The summed E-state index contributed by atoms with van der Waals surface area (Å²) in [6, 6.07) is 14.1. The molecule has 1 atom stereocenters. The number of hydrogen-bond donors (Lipinski definition) is 1. The molecule has 24 heavy (non-hydrogen) atoms. The first-order valence-corrected chi connectivity index (χ1v) is 8.15. The Hall–Kier alpha value is -2.34. The zero-order valence-electron chi connectivity index (χ0n) is 13.4. The number of rotatable bonds is 6. The van der Waals surface area contributed by atoms with Gasteiger partial charge in [0.2, 0.25) is 0 Å². The van der Waals surface area contributed by atoms with Crippen molar-refractivity contribution in [3.05, 3.63) is 64.1 Å². The Labute approximate surface area is 149 Å². The van der Waals surface area contributed by atoms with Crippen molar-refractivity contribution in [3.8, 4) is 5.75 Å². The summed E-state index contributed by atoms with van der Waals surface area (Å²) in [4.78, 5) is 24.0. The molecule has 0 aliphatic rings. The lowest BCUT2D eigenvalue weighted by Crippen LogP contribution is -2.31. The standard InChI is InChI=1S/C18H18BrNO4/c1-12(13-7-9-14(19)10-8-13)20-17(21)11-24-18(22)15-5-3-4-6-16(15)23-2/h3-10,12H,11H2,1-2H3,(H,20,21)/t12-/m0/s1. The molecule has 6 heteroatoms. The van der Waals surface area contributed by atoms with Crippen LogP contribution in [-0.4, -0.2) is 25.6 Å². The third-order valence-electron chi connectivity index (χ3n) is 3.41. The fourth-order valence-corrected chi connectivity index (χ4v) is 2.40. The molecular weight excluding hydrogens is 374 g/mol. The van der Waals surface area contributed by atoms with Crippen LogP contribution in [-0.2, 0) is 9.53 Å². The second-order valence-corrected chi connectivity index (χ2v) is 6.03. The number of amides is 1. The molecule has 0 heterocycles. The highest BCUT2D eigenvalue weighted by Gasteiger charge is 2.16. The monoisotopic (exact) mass is 391 g/mol. The molecule has 0 aliphatic carbocycles. The zero-order valence-corrected chi connectivity index (χ0v) is 15.0. The van der Waals surface area contributed by atoms with Crippen molar-refractivity contribution < 1.29 is 19.1 Å². The molecule has 0 saturated heterocycles. The number of methoxy groups -OCH3 is 1. The third-order valence-corrected chi connectivity index (χ3v) is 3.94. The highest BCUT2D eigenvalue weighted by Crippen LogP contribution is 2.18. The van der Waals surface area contributed by atoms with Crippen LogP contribution < -0.4 is 10.1 Å². The van der Waals surface area contributed by atoms with Gasteiger partial charge in [0.1, 0.15) is 11.3 Å². The van der Waals surface area contributed by atoms with Crippen LogP contribution in [0.3, 0.4) is 0 Å². The van der Waals surface area contributed by atoms with Gasteiger partial charge in [0.25, 0.3) is 5.91 Å². The largest absolute Gasteiger partial charge is 0.496 e. The fraction of sp³-hybridized carbons (Fsp3) is 0.222. The Morgan fingerprint density at radius 2 is 1.79 bits per heavy atom. The summed E-state index contributed by atoms with van der Waals surface area (Å²) in [5, 5.41) is 2.79. The molecule has 2 aromatic carbocycles. The lowest BCUT2D eigenvalue weighted by atomic mass is 10.1. The predicted octanol–water partition coefficient (Wildman–Crippen LogP) is 3.49. The van der Waals surface area contributed by atoms with E-state index in [1.807, 2.05) is 31.2 Å². The first-order chi connectivity index (χ1) is 11.5. The van der Waals surface area contributed by atoms with Gasteiger partial charge in [-0.3, -0.25) is 4.79 Å². The van der Waals surface area contributed by atoms with Gasteiger partial charge in [0.05, 0.1) is 13.2 Å². The van der Waals surface area contributed by atoms with Crippen LogP contribution in [0.4, 0.5) is 0 Å². The molecule has 5 nitrogen and oxygen atoms in total. The quantitative estimate of drug-likeness (QED) is 0.765. The maximum atomic E-state index is 12.0. The van der Waals surface area contributed by atoms with Gasteiger partial charge in [0, 0.05) is 4.47 Å². The number of ether oxygens (including phenoxy) is 2. The first-order valence-electron chi connectivity index (χ1n) is 7.36. The van der Waals surface area contributed by atoms with Crippen molar-refractivity contribution in [3.63, 3.8) is 0 Å². The maximum Gasteiger partial charge on any atom is 0.342 e. The molecule has 126 valence electrons. The molecule has 2 aromatic rings. The van der Waals surface area contributed by atoms with Crippen molar-refractivity contribution in [1.29, 1.82) is 0 Å². The van der Waals surface area contributed by atoms with Crippen molar-refractivity contribution >= 4 is 27.8 Å². The average Bonchev–Trinajstić information content (AvgIpc) is 2.60. The number of benzene rings is 2. The Balaban J connectivity index is 1.88. The Morgan fingerprint density at radius 3 is 2.46 bits per heavy atom. The Kier molecular flexibility index (Phi) is 6.37. The summed E-state index contributed by atoms with van der Waals surface area (Å²) < 4.78 is 11.1. The molecule has 0 radical (unpaired) electrons. The number of carbonyl (C=O) groups excluding carboxylic acids is 2. The summed E-state index contributed by atoms with van der Waals surface area (Å²) in [6.45, 7) is 1.51. The van der Waals surface area contributed by atoms with Gasteiger partial charge >= 0.3 is 5.97 Å². The van der Waals surface area contributed by atoms with Crippen molar-refractivity contribution in [1.82, 2.24) is 5.32 Å². The van der Waals surface area contributed by atoms with E-state index in [0.29, 0.717) is 5.75 Å². The smallest absolute Gasteiger partial charge is 0.342 e. The minimum absolute atomic E-state index is 0.185. The van der Waals surface area contributed by atoms with Crippen LogP contribution in [0.2, 0.25) is 0 Å². The van der Waals surface area contributed by atoms with Gasteiger partial charge in [-0.15, -0.1) is 0 Å². The summed E-state index contributed by atoms with van der Waals surface area (Å²) in [5.74, 6) is -0.557. The maximum absolute atomic E-state index is 12.0. The van der Waals surface area contributed by atoms with Crippen LogP contribution in [0.1, 0.15) is 28.9 Å². The van der Waals surface area contributed by atoms with Crippen LogP contribution >= 0.6 is 15.9 Å². The van der Waals surface area contributed by atoms with Crippen molar-refractivity contribution in [2.75, 3.05) is 13.7 Å².